The third-order valence-corrected chi connectivity index (χ3v) is 10.2. The molecule has 340 valence electrons. The van der Waals surface area contributed by atoms with Crippen molar-refractivity contribution >= 4 is 34.8 Å². The second-order valence-corrected chi connectivity index (χ2v) is 15.0. The number of carbonyl (C=O) groups is 2. The summed E-state index contributed by atoms with van der Waals surface area (Å²) in [4.78, 5) is 37.8. The smallest absolute Gasteiger partial charge is 0.280 e. The maximum absolute atomic E-state index is 12.7. The van der Waals surface area contributed by atoms with Gasteiger partial charge < -0.3 is 72.4 Å². The number of unbranched alkanes of at least 4 members (excludes halogenated alkanes) is 1. The molecule has 0 unspecified atom stereocenters. The molecule has 2 aromatic carbocycles. The van der Waals surface area contributed by atoms with E-state index in [9.17, 15) is 50.4 Å². The molecule has 2 amide bonds. The predicted molar refractivity (Wildman–Crippen MR) is 226 cm³/mol. The number of hydrogen-bond donors (Lipinski definition) is 16. The first kappa shape index (κ1) is 49.5. The lowest BCUT2D eigenvalue weighted by Gasteiger charge is -2.33. The van der Waals surface area contributed by atoms with Gasteiger partial charge in [0, 0.05) is 45.3 Å². The Morgan fingerprint density at radius 3 is 1.77 bits per heavy atom. The van der Waals surface area contributed by atoms with Gasteiger partial charge in [-0.3, -0.25) is 25.2 Å². The van der Waals surface area contributed by atoms with E-state index >= 15 is 0 Å². The number of aliphatic hydroxyl groups is 10. The van der Waals surface area contributed by atoms with E-state index in [4.69, 9.17) is 21.4 Å². The van der Waals surface area contributed by atoms with Crippen LogP contribution < -0.4 is 21.7 Å². The molecular formula is C41H59N9O12. The number of nitrogen functional groups attached to an aromatic ring is 1. The van der Waals surface area contributed by atoms with Crippen molar-refractivity contribution in [2.75, 3.05) is 51.7 Å². The molecule has 62 heavy (non-hydrogen) atoms. The minimum Gasteiger partial charge on any atom is -0.394 e. The number of hydrogen-bond acceptors (Lipinski definition) is 17. The molecule has 8 atom stereocenters. The summed E-state index contributed by atoms with van der Waals surface area (Å²) in [6, 6.07) is 17.6. The first-order chi connectivity index (χ1) is 29.6. The van der Waals surface area contributed by atoms with Crippen molar-refractivity contribution in [1.82, 2.24) is 35.8 Å². The highest BCUT2D eigenvalue weighted by molar-refractivity contribution is 6.06. The summed E-state index contributed by atoms with van der Waals surface area (Å²) < 4.78 is 0. The van der Waals surface area contributed by atoms with Crippen LogP contribution in [0.1, 0.15) is 40.9 Å². The topological polar surface area (TPSA) is 367 Å². The zero-order valence-corrected chi connectivity index (χ0v) is 34.1. The largest absolute Gasteiger partial charge is 0.394 e. The highest BCUT2D eigenvalue weighted by atomic mass is 16.4. The summed E-state index contributed by atoms with van der Waals surface area (Å²) in [5.74, 6) is -1.13. The number of aromatic amines is 1. The molecule has 0 aliphatic carbocycles. The standard InChI is InChI=1S/C41H59N9O12/c42-38-33(47-27-14-16-45-39(27)48-38)40(62)49-41(43)46-15-2-1-3-23-4-9-25(10-5-23)26-11-6-24(7-12-26)8-13-32(57)44-17-18-50(19-28(53)34(58)36(60)30(55)21-51)20-29(54)35(59)37(61)31(56)22-52/h4-7,9-12,14,16,28-31,34-37,51-56,58-61H,1-3,8,13,15,17-22H2,(H,44,57)(H3,42,45,48)(H3,43,46,49,62)/t28-,29-,30+,31+,34+,35+,36+,37+/m0/s1. The molecule has 0 aliphatic heterocycles. The molecule has 2 heterocycles. The third-order valence-electron chi connectivity index (χ3n) is 10.2. The molecule has 0 aliphatic rings. The van der Waals surface area contributed by atoms with Gasteiger partial charge in [0.25, 0.3) is 5.91 Å². The third kappa shape index (κ3) is 14.7. The van der Waals surface area contributed by atoms with Gasteiger partial charge in [-0.25, -0.2) is 9.97 Å². The number of nitrogens with two attached hydrogens (primary N) is 1. The van der Waals surface area contributed by atoms with Crippen LogP contribution in [0, 0.1) is 5.41 Å². The molecule has 17 N–H and O–H groups in total. The number of aryl methyl sites for hydroxylation is 2. The van der Waals surface area contributed by atoms with Gasteiger partial charge in [-0.15, -0.1) is 0 Å². The number of anilines is 1. The SMILES string of the molecule is N=C(NCCCCc1ccc(-c2ccc(CCC(=O)NCCN(C[C@H](O)[C@@H](O)[C@H](O)[C@H](O)CO)C[C@H](O)[C@@H](O)[C@H](O)[C@H](O)CO)cc2)cc1)NC(=O)c1nc2cc[nH]c2nc1N. The summed E-state index contributed by atoms with van der Waals surface area (Å²) in [5.41, 5.74) is 10.8. The van der Waals surface area contributed by atoms with Crippen LogP contribution in [0.4, 0.5) is 5.82 Å². The quantitative estimate of drug-likeness (QED) is 0.0176. The van der Waals surface area contributed by atoms with Crippen LogP contribution in [0.2, 0.25) is 0 Å². The minimum atomic E-state index is -1.92. The first-order valence-corrected chi connectivity index (χ1v) is 20.2. The zero-order valence-electron chi connectivity index (χ0n) is 34.1. The Bertz CT molecular complexity index is 1980. The Kier molecular flexibility index (Phi) is 19.5. The predicted octanol–water partition coefficient (Wildman–Crippen LogP) is -3.29. The Hall–Kier alpha value is -5.17. The summed E-state index contributed by atoms with van der Waals surface area (Å²) in [6.45, 7) is -2.24. The lowest BCUT2D eigenvalue weighted by atomic mass is 9.99. The van der Waals surface area contributed by atoms with Crippen molar-refractivity contribution in [3.05, 3.63) is 77.6 Å². The Morgan fingerprint density at radius 1 is 0.694 bits per heavy atom. The van der Waals surface area contributed by atoms with E-state index in [1.54, 1.807) is 12.3 Å². The van der Waals surface area contributed by atoms with E-state index in [-0.39, 0.29) is 42.9 Å². The number of amides is 2. The van der Waals surface area contributed by atoms with Gasteiger partial charge in [0.1, 0.15) is 42.1 Å². The van der Waals surface area contributed by atoms with Gasteiger partial charge in [0.15, 0.2) is 23.1 Å². The fourth-order valence-electron chi connectivity index (χ4n) is 6.49. The molecule has 0 saturated carbocycles. The van der Waals surface area contributed by atoms with E-state index < -0.39 is 81.0 Å². The highest BCUT2D eigenvalue weighted by Crippen LogP contribution is 2.22. The molecule has 2 aromatic heterocycles. The van der Waals surface area contributed by atoms with E-state index in [1.165, 1.54) is 4.90 Å². The monoisotopic (exact) mass is 869 g/mol. The van der Waals surface area contributed by atoms with Crippen LogP contribution in [-0.2, 0) is 17.6 Å². The molecule has 0 fully saturated rings. The first-order valence-electron chi connectivity index (χ1n) is 20.2. The molecular weight excluding hydrogens is 811 g/mol. The van der Waals surface area contributed by atoms with Crippen LogP contribution in [0.5, 0.6) is 0 Å². The van der Waals surface area contributed by atoms with Gasteiger partial charge in [0.05, 0.1) is 25.4 Å². The number of fused-ring (bicyclic) bond motifs is 1. The van der Waals surface area contributed by atoms with Crippen LogP contribution in [0.15, 0.2) is 60.8 Å². The average Bonchev–Trinajstić information content (AvgIpc) is 3.73. The fourth-order valence-corrected chi connectivity index (χ4v) is 6.49. The van der Waals surface area contributed by atoms with E-state index in [0.717, 1.165) is 41.5 Å². The van der Waals surface area contributed by atoms with Crippen LogP contribution >= 0.6 is 0 Å². The highest BCUT2D eigenvalue weighted by Gasteiger charge is 2.34. The lowest BCUT2D eigenvalue weighted by Crippen LogP contribution is -2.54. The van der Waals surface area contributed by atoms with Gasteiger partial charge in [-0.1, -0.05) is 48.5 Å². The lowest BCUT2D eigenvalue weighted by molar-refractivity contribution is -0.130. The molecule has 0 radical (unpaired) electrons. The number of H-pyrrole nitrogens is 1. The summed E-state index contributed by atoms with van der Waals surface area (Å²) >= 11 is 0. The summed E-state index contributed by atoms with van der Waals surface area (Å²) in [5, 5.41) is 115. The number of nitrogens with one attached hydrogen (secondary N) is 5. The number of aromatic nitrogens is 3. The summed E-state index contributed by atoms with van der Waals surface area (Å²) in [6.07, 6.45) is -9.97. The number of guanidine groups is 1. The van der Waals surface area contributed by atoms with Crippen molar-refractivity contribution in [2.24, 2.45) is 0 Å². The normalized spacial score (nSPS) is 15.6. The molecule has 0 saturated heterocycles. The van der Waals surface area contributed by atoms with Crippen molar-refractivity contribution in [3.63, 3.8) is 0 Å². The second kappa shape index (κ2) is 24.5. The molecule has 21 nitrogen and oxygen atoms in total. The number of aliphatic hydroxyl groups excluding tert-OH is 10. The Balaban J connectivity index is 1.17. The summed E-state index contributed by atoms with van der Waals surface area (Å²) in [7, 11) is 0. The van der Waals surface area contributed by atoms with Crippen LogP contribution in [0.25, 0.3) is 22.3 Å². The van der Waals surface area contributed by atoms with E-state index in [2.05, 4.69) is 43.0 Å². The molecule has 4 rings (SSSR count). The van der Waals surface area contributed by atoms with Crippen LogP contribution in [-0.4, -0.2) is 183 Å². The van der Waals surface area contributed by atoms with Crippen molar-refractivity contribution < 1.29 is 60.7 Å². The van der Waals surface area contributed by atoms with E-state index in [0.29, 0.717) is 24.1 Å². The number of benzene rings is 2. The zero-order chi connectivity index (χ0) is 45.3. The fraction of sp³-hybridized carbons (Fsp3) is 0.488. The molecule has 0 bridgehead atoms. The number of carbonyl (C=O) groups excluding carboxylic acids is 2. The number of nitrogens with zero attached hydrogens (tertiary/aromatic N) is 3. The molecule has 21 heteroatoms. The van der Waals surface area contributed by atoms with Crippen molar-refractivity contribution in [2.45, 2.75) is 80.9 Å². The molecule has 0 spiro atoms. The van der Waals surface area contributed by atoms with Gasteiger partial charge in [-0.2, -0.15) is 0 Å². The maximum atomic E-state index is 12.7. The van der Waals surface area contributed by atoms with E-state index in [1.807, 2.05) is 36.4 Å². The van der Waals surface area contributed by atoms with Crippen LogP contribution in [0.3, 0.4) is 0 Å². The Morgan fingerprint density at radius 2 is 1.23 bits per heavy atom. The molecule has 4 aromatic rings. The number of rotatable bonds is 25. The average molecular weight is 870 g/mol. The second-order valence-electron chi connectivity index (χ2n) is 15.0. The van der Waals surface area contributed by atoms with Crippen molar-refractivity contribution in [3.8, 4) is 11.1 Å². The van der Waals surface area contributed by atoms with Gasteiger partial charge in [-0.05, 0) is 54.0 Å². The van der Waals surface area contributed by atoms with Crippen molar-refractivity contribution in [1.29, 1.82) is 5.41 Å². The van der Waals surface area contributed by atoms with Gasteiger partial charge in [0.2, 0.25) is 5.91 Å². The van der Waals surface area contributed by atoms with Gasteiger partial charge >= 0.3 is 0 Å². The Labute approximate surface area is 357 Å². The minimum absolute atomic E-state index is 0.00977. The maximum Gasteiger partial charge on any atom is 0.280 e.